The largest absolute Gasteiger partial charge is 0.339 e. The van der Waals surface area contributed by atoms with Crippen molar-refractivity contribution >= 4 is 11.8 Å². The van der Waals surface area contributed by atoms with Crippen LogP contribution in [-0.2, 0) is 11.2 Å². The van der Waals surface area contributed by atoms with Crippen molar-refractivity contribution in [3.05, 3.63) is 70.3 Å². The summed E-state index contributed by atoms with van der Waals surface area (Å²) in [7, 11) is 0. The lowest BCUT2D eigenvalue weighted by Gasteiger charge is -2.35. The molecule has 0 saturated carbocycles. The van der Waals surface area contributed by atoms with Crippen molar-refractivity contribution in [3.63, 3.8) is 0 Å². The van der Waals surface area contributed by atoms with Crippen LogP contribution in [0.3, 0.4) is 0 Å². The van der Waals surface area contributed by atoms with Gasteiger partial charge in [-0.1, -0.05) is 23.8 Å². The minimum atomic E-state index is -1.04. The van der Waals surface area contributed by atoms with E-state index in [9.17, 15) is 18.4 Å². The summed E-state index contributed by atoms with van der Waals surface area (Å²) < 4.78 is 26.4. The Morgan fingerprint density at radius 2 is 1.57 bits per heavy atom. The topological polar surface area (TPSA) is 40.6 Å². The molecule has 1 fully saturated rings. The number of amides is 2. The van der Waals surface area contributed by atoms with Gasteiger partial charge >= 0.3 is 0 Å². The molecule has 0 aliphatic carbocycles. The molecule has 4 nitrogen and oxygen atoms in total. The monoisotopic (exact) mass is 386 g/mol. The molecule has 0 atom stereocenters. The molecule has 2 aromatic rings. The number of hydrogen-bond acceptors (Lipinski definition) is 2. The van der Waals surface area contributed by atoms with E-state index in [0.29, 0.717) is 39.0 Å². The molecular weight excluding hydrogens is 362 g/mol. The van der Waals surface area contributed by atoms with Crippen LogP contribution in [0.4, 0.5) is 8.78 Å². The van der Waals surface area contributed by atoms with Crippen LogP contribution in [0.1, 0.15) is 33.5 Å². The van der Waals surface area contributed by atoms with Gasteiger partial charge in [0.15, 0.2) is 11.6 Å². The van der Waals surface area contributed by atoms with E-state index < -0.39 is 11.6 Å². The first-order valence-corrected chi connectivity index (χ1v) is 9.43. The number of carbonyl (C=O) groups excluding carboxylic acids is 2. The van der Waals surface area contributed by atoms with Gasteiger partial charge in [-0.2, -0.15) is 0 Å². The maximum Gasteiger partial charge on any atom is 0.254 e. The Balaban J connectivity index is 1.52. The highest BCUT2D eigenvalue weighted by Crippen LogP contribution is 2.15. The molecule has 2 amide bonds. The summed E-state index contributed by atoms with van der Waals surface area (Å²) in [6.07, 6.45) is 1.12. The third-order valence-electron chi connectivity index (χ3n) is 5.19. The highest BCUT2D eigenvalue weighted by atomic mass is 19.2. The van der Waals surface area contributed by atoms with E-state index in [1.807, 2.05) is 6.92 Å². The van der Waals surface area contributed by atoms with Gasteiger partial charge in [0.1, 0.15) is 0 Å². The van der Waals surface area contributed by atoms with Crippen LogP contribution < -0.4 is 0 Å². The molecule has 0 radical (unpaired) electrons. The first kappa shape index (κ1) is 20.0. The number of hydrogen-bond donors (Lipinski definition) is 0. The zero-order valence-electron chi connectivity index (χ0n) is 16.2. The van der Waals surface area contributed by atoms with Crippen LogP contribution in [-0.4, -0.2) is 47.8 Å². The third kappa shape index (κ3) is 4.55. The second kappa shape index (κ2) is 8.50. The predicted molar refractivity (Wildman–Crippen MR) is 103 cm³/mol. The van der Waals surface area contributed by atoms with Gasteiger partial charge in [-0.3, -0.25) is 9.59 Å². The number of carbonyl (C=O) groups is 2. The van der Waals surface area contributed by atoms with Crippen molar-refractivity contribution < 1.29 is 18.4 Å². The first-order chi connectivity index (χ1) is 13.3. The van der Waals surface area contributed by atoms with E-state index in [-0.39, 0.29) is 17.4 Å². The van der Waals surface area contributed by atoms with Gasteiger partial charge in [0.25, 0.3) is 5.91 Å². The highest BCUT2D eigenvalue weighted by Gasteiger charge is 2.25. The fourth-order valence-corrected chi connectivity index (χ4v) is 3.50. The van der Waals surface area contributed by atoms with E-state index >= 15 is 0 Å². The molecule has 1 saturated heterocycles. The third-order valence-corrected chi connectivity index (χ3v) is 5.19. The van der Waals surface area contributed by atoms with Crippen LogP contribution in [0.5, 0.6) is 0 Å². The van der Waals surface area contributed by atoms with Gasteiger partial charge in [-0.15, -0.1) is 0 Å². The summed E-state index contributed by atoms with van der Waals surface area (Å²) in [6.45, 7) is 5.75. The summed E-state index contributed by atoms with van der Waals surface area (Å²) in [5.41, 5.74) is 3.68. The lowest BCUT2D eigenvalue weighted by Crippen LogP contribution is -2.50. The summed E-state index contributed by atoms with van der Waals surface area (Å²) in [4.78, 5) is 28.3. The summed E-state index contributed by atoms with van der Waals surface area (Å²) in [6, 6.07) is 9.38. The standard InChI is InChI=1S/C22H24F2N2O2/c1-15-3-4-17(16(2)13-15)6-8-21(27)25-9-11-26(12-10-25)22(28)18-5-7-19(23)20(24)14-18/h3-5,7,13-14H,6,8-12H2,1-2H3. The lowest BCUT2D eigenvalue weighted by molar-refractivity contribution is -0.132. The van der Waals surface area contributed by atoms with Crippen LogP contribution >= 0.6 is 0 Å². The molecule has 0 unspecified atom stereocenters. The molecule has 6 heteroatoms. The molecule has 1 aliphatic rings. The normalized spacial score (nSPS) is 14.3. The van der Waals surface area contributed by atoms with Gasteiger partial charge in [-0.25, -0.2) is 8.78 Å². The minimum Gasteiger partial charge on any atom is -0.339 e. The van der Waals surface area contributed by atoms with Gasteiger partial charge < -0.3 is 9.80 Å². The molecule has 2 aromatic carbocycles. The van der Waals surface area contributed by atoms with E-state index in [0.717, 1.165) is 12.1 Å². The number of benzene rings is 2. The Labute approximate surface area is 163 Å². The Bertz CT molecular complexity index is 890. The first-order valence-electron chi connectivity index (χ1n) is 9.43. The Morgan fingerprint density at radius 3 is 2.21 bits per heavy atom. The highest BCUT2D eigenvalue weighted by molar-refractivity contribution is 5.94. The minimum absolute atomic E-state index is 0.0694. The van der Waals surface area contributed by atoms with Crippen molar-refractivity contribution in [2.75, 3.05) is 26.2 Å². The molecule has 1 aliphatic heterocycles. The molecule has 0 aromatic heterocycles. The number of rotatable bonds is 4. The van der Waals surface area contributed by atoms with Crippen molar-refractivity contribution in [1.82, 2.24) is 9.80 Å². The smallest absolute Gasteiger partial charge is 0.254 e. The van der Waals surface area contributed by atoms with E-state index in [2.05, 4.69) is 25.1 Å². The average Bonchev–Trinajstić information content (AvgIpc) is 2.69. The average molecular weight is 386 g/mol. The summed E-state index contributed by atoms with van der Waals surface area (Å²) in [5.74, 6) is -2.29. The predicted octanol–water partition coefficient (Wildman–Crippen LogP) is 3.50. The van der Waals surface area contributed by atoms with E-state index in [4.69, 9.17) is 0 Å². The van der Waals surface area contributed by atoms with Crippen LogP contribution in [0, 0.1) is 25.5 Å². The number of piperazine rings is 1. The van der Waals surface area contributed by atoms with Crippen molar-refractivity contribution in [2.45, 2.75) is 26.7 Å². The molecule has 1 heterocycles. The van der Waals surface area contributed by atoms with Gasteiger partial charge in [0, 0.05) is 38.2 Å². The molecule has 3 rings (SSSR count). The van der Waals surface area contributed by atoms with Crippen molar-refractivity contribution in [1.29, 1.82) is 0 Å². The quantitative estimate of drug-likeness (QED) is 0.807. The Morgan fingerprint density at radius 1 is 0.893 bits per heavy atom. The Hall–Kier alpha value is -2.76. The van der Waals surface area contributed by atoms with Gasteiger partial charge in [0.2, 0.25) is 5.91 Å². The van der Waals surface area contributed by atoms with Crippen LogP contribution in [0.2, 0.25) is 0 Å². The lowest BCUT2D eigenvalue weighted by atomic mass is 10.0. The Kier molecular flexibility index (Phi) is 6.07. The zero-order chi connectivity index (χ0) is 20.3. The second-order valence-corrected chi connectivity index (χ2v) is 7.23. The molecule has 28 heavy (non-hydrogen) atoms. The molecule has 148 valence electrons. The fraction of sp³-hybridized carbons (Fsp3) is 0.364. The number of aryl methyl sites for hydroxylation is 3. The molecule has 0 bridgehead atoms. The van der Waals surface area contributed by atoms with Crippen molar-refractivity contribution in [3.8, 4) is 0 Å². The number of halogens is 2. The van der Waals surface area contributed by atoms with Crippen LogP contribution in [0.25, 0.3) is 0 Å². The maximum atomic E-state index is 13.4. The van der Waals surface area contributed by atoms with Gasteiger partial charge in [0.05, 0.1) is 0 Å². The van der Waals surface area contributed by atoms with Crippen molar-refractivity contribution in [2.24, 2.45) is 0 Å². The SMILES string of the molecule is Cc1ccc(CCC(=O)N2CCN(C(=O)c3ccc(F)c(F)c3)CC2)c(C)c1. The second-order valence-electron chi connectivity index (χ2n) is 7.23. The molecular formula is C22H24F2N2O2. The molecule has 0 spiro atoms. The molecule has 0 N–H and O–H groups in total. The van der Waals surface area contributed by atoms with Crippen LogP contribution in [0.15, 0.2) is 36.4 Å². The van der Waals surface area contributed by atoms with E-state index in [1.54, 1.807) is 9.80 Å². The number of nitrogens with zero attached hydrogens (tertiary/aromatic N) is 2. The van der Waals surface area contributed by atoms with E-state index in [1.165, 1.54) is 22.8 Å². The summed E-state index contributed by atoms with van der Waals surface area (Å²) in [5, 5.41) is 0. The zero-order valence-corrected chi connectivity index (χ0v) is 16.2. The fourth-order valence-electron chi connectivity index (χ4n) is 3.50. The summed E-state index contributed by atoms with van der Waals surface area (Å²) >= 11 is 0. The maximum absolute atomic E-state index is 13.4. The van der Waals surface area contributed by atoms with Gasteiger partial charge in [-0.05, 0) is 49.6 Å².